The van der Waals surface area contributed by atoms with Crippen LogP contribution in [0.5, 0.6) is 0 Å². The molecule has 4 N–H and O–H groups in total. The molecule has 0 aliphatic rings. The van der Waals surface area contributed by atoms with Crippen LogP contribution in [-0.2, 0) is 23.9 Å². The molecule has 9 nitrogen and oxygen atoms in total. The Morgan fingerprint density at radius 1 is 0.542 bits per heavy atom. The molecule has 0 radical (unpaired) electrons. The van der Waals surface area contributed by atoms with Crippen LogP contribution in [0.3, 0.4) is 0 Å². The second-order valence-electron chi connectivity index (χ2n) is 13.7. The van der Waals surface area contributed by atoms with Gasteiger partial charge < -0.3 is 25.6 Å². The quantitative estimate of drug-likeness (QED) is 0.0382. The summed E-state index contributed by atoms with van der Waals surface area (Å²) < 4.78 is 5.92. The van der Waals surface area contributed by atoms with Crippen molar-refractivity contribution in [2.75, 3.05) is 13.2 Å². The maximum atomic E-state index is 12.6. The fourth-order valence-corrected chi connectivity index (χ4v) is 6.01. The molecule has 0 rings (SSSR count). The fraction of sp³-hybridized carbons (Fsp3) is 0.897. The van der Waals surface area contributed by atoms with Crippen LogP contribution in [0.4, 0.5) is 0 Å². The molecule has 282 valence electrons. The van der Waals surface area contributed by atoms with E-state index in [1.54, 1.807) is 0 Å². The van der Waals surface area contributed by atoms with E-state index < -0.39 is 24.5 Å². The molecule has 0 aliphatic heterocycles. The Morgan fingerprint density at radius 3 is 1.38 bits per heavy atom. The lowest BCUT2D eigenvalue weighted by Gasteiger charge is -2.18. The molecule has 2 amide bonds. The van der Waals surface area contributed by atoms with Crippen LogP contribution >= 0.6 is 0 Å². The Kier molecular flexibility index (Phi) is 33.1. The number of unbranched alkanes of at least 4 members (excludes halogenated alkanes) is 22. The molecular weight excluding hydrogens is 608 g/mol. The Bertz CT molecular complexity index is 792. The first-order chi connectivity index (χ1) is 23.3. The number of carboxylic acid groups (broad SMARTS) is 1. The third-order valence-electron chi connectivity index (χ3n) is 9.10. The molecule has 0 saturated carbocycles. The van der Waals surface area contributed by atoms with Crippen LogP contribution in [0.1, 0.15) is 200 Å². The number of amides is 2. The van der Waals surface area contributed by atoms with Gasteiger partial charge >= 0.3 is 11.9 Å². The number of carbonyl (C=O) groups excluding carboxylic acids is 3. The van der Waals surface area contributed by atoms with Gasteiger partial charge in [0, 0.05) is 12.8 Å². The first kappa shape index (κ1) is 45.8. The summed E-state index contributed by atoms with van der Waals surface area (Å²) in [6, 6.07) is -1.38. The second-order valence-corrected chi connectivity index (χ2v) is 13.7. The number of hydrogen-bond acceptors (Lipinski definition) is 6. The van der Waals surface area contributed by atoms with E-state index in [4.69, 9.17) is 14.9 Å². The van der Waals surface area contributed by atoms with E-state index in [-0.39, 0.29) is 30.9 Å². The molecule has 9 heteroatoms. The van der Waals surface area contributed by atoms with Crippen LogP contribution in [0, 0.1) is 0 Å². The average Bonchev–Trinajstić information content (AvgIpc) is 3.07. The molecular formula is C39H74N2O7. The molecule has 0 aromatic rings. The van der Waals surface area contributed by atoms with Crippen molar-refractivity contribution < 1.29 is 34.1 Å². The van der Waals surface area contributed by atoms with Gasteiger partial charge in [-0.2, -0.15) is 0 Å². The smallest absolute Gasteiger partial charge is 0.328 e. The van der Waals surface area contributed by atoms with E-state index in [2.05, 4.69) is 24.5 Å². The summed E-state index contributed by atoms with van der Waals surface area (Å²) in [5.41, 5.74) is 0. The van der Waals surface area contributed by atoms with E-state index >= 15 is 0 Å². The zero-order valence-corrected chi connectivity index (χ0v) is 31.0. The van der Waals surface area contributed by atoms with Gasteiger partial charge in [0.25, 0.3) is 0 Å². The number of carbonyl (C=O) groups is 4. The maximum absolute atomic E-state index is 12.6. The van der Waals surface area contributed by atoms with Crippen LogP contribution in [0.2, 0.25) is 0 Å². The summed E-state index contributed by atoms with van der Waals surface area (Å²) in [5, 5.41) is 22.5. The van der Waals surface area contributed by atoms with Gasteiger partial charge in [-0.25, -0.2) is 4.79 Å². The molecule has 0 saturated heterocycles. The van der Waals surface area contributed by atoms with Gasteiger partial charge in [0.2, 0.25) is 11.8 Å². The number of carboxylic acids is 1. The van der Waals surface area contributed by atoms with Crippen molar-refractivity contribution >= 4 is 23.8 Å². The first-order valence-corrected chi connectivity index (χ1v) is 19.9. The van der Waals surface area contributed by atoms with Crippen LogP contribution in [0.25, 0.3) is 0 Å². The van der Waals surface area contributed by atoms with Gasteiger partial charge in [0.15, 0.2) is 0 Å². The summed E-state index contributed by atoms with van der Waals surface area (Å²) in [5.74, 6) is -2.33. The standard InChI is InChI=1S/C39H74N2O7/c1-3-5-7-9-10-11-12-13-14-15-16-17-18-19-20-21-27-31-38(45)48-34(28-24-8-6-4-2)29-25-22-23-26-30-36(43)40-32-37(44)41-35(33-42)39(46)47/h34-35,42H,3-33H2,1-2H3,(H,40,43)(H,41,44)(H,46,47). The molecule has 0 aliphatic carbocycles. The van der Waals surface area contributed by atoms with Crippen molar-refractivity contribution in [2.24, 2.45) is 0 Å². The summed E-state index contributed by atoms with van der Waals surface area (Å²) in [6.45, 7) is 3.42. The minimum atomic E-state index is -1.38. The SMILES string of the molecule is CCCCCCCCCCCCCCCCCCCC(=O)OC(CCCCCC)CCCCCCC(=O)NCC(=O)NC(CO)C(=O)O. The van der Waals surface area contributed by atoms with E-state index in [1.807, 2.05) is 0 Å². The lowest BCUT2D eigenvalue weighted by atomic mass is 10.0. The Hall–Kier alpha value is -2.16. The van der Waals surface area contributed by atoms with Crippen molar-refractivity contribution in [2.45, 2.75) is 212 Å². The molecule has 0 spiro atoms. The highest BCUT2D eigenvalue weighted by Crippen LogP contribution is 2.18. The lowest BCUT2D eigenvalue weighted by Crippen LogP contribution is -2.47. The first-order valence-electron chi connectivity index (χ1n) is 19.9. The molecule has 0 fully saturated rings. The number of rotatable bonds is 36. The van der Waals surface area contributed by atoms with Crippen molar-refractivity contribution in [1.82, 2.24) is 10.6 Å². The van der Waals surface area contributed by atoms with E-state index in [9.17, 15) is 19.2 Å². The predicted octanol–water partition coefficient (Wildman–Crippen LogP) is 8.93. The Labute approximate surface area is 293 Å². The summed E-state index contributed by atoms with van der Waals surface area (Å²) >= 11 is 0. The van der Waals surface area contributed by atoms with E-state index in [1.165, 1.54) is 109 Å². The second kappa shape index (κ2) is 34.7. The minimum absolute atomic E-state index is 0.0319. The van der Waals surface area contributed by atoms with Gasteiger partial charge in [-0.15, -0.1) is 0 Å². The van der Waals surface area contributed by atoms with Crippen LogP contribution in [-0.4, -0.2) is 59.3 Å². The van der Waals surface area contributed by atoms with Gasteiger partial charge in [-0.05, 0) is 38.5 Å². The number of aliphatic carboxylic acids is 1. The molecule has 0 aromatic heterocycles. The third kappa shape index (κ3) is 31.1. The van der Waals surface area contributed by atoms with Gasteiger partial charge in [0.05, 0.1) is 13.2 Å². The molecule has 2 unspecified atom stereocenters. The van der Waals surface area contributed by atoms with Gasteiger partial charge in [-0.1, -0.05) is 149 Å². The molecule has 0 bridgehead atoms. The number of esters is 1. The number of aliphatic hydroxyl groups is 1. The molecule has 0 heterocycles. The molecule has 0 aromatic carbocycles. The third-order valence-corrected chi connectivity index (χ3v) is 9.10. The zero-order chi connectivity index (χ0) is 35.5. The molecule has 48 heavy (non-hydrogen) atoms. The highest BCUT2D eigenvalue weighted by atomic mass is 16.5. The van der Waals surface area contributed by atoms with Gasteiger partial charge in [-0.3, -0.25) is 14.4 Å². The van der Waals surface area contributed by atoms with Crippen molar-refractivity contribution in [3.63, 3.8) is 0 Å². The molecule has 2 atom stereocenters. The number of ether oxygens (including phenoxy) is 1. The predicted molar refractivity (Wildman–Crippen MR) is 195 cm³/mol. The normalized spacial score (nSPS) is 12.4. The Morgan fingerprint density at radius 2 is 0.938 bits per heavy atom. The van der Waals surface area contributed by atoms with Crippen molar-refractivity contribution in [1.29, 1.82) is 0 Å². The van der Waals surface area contributed by atoms with Crippen LogP contribution < -0.4 is 10.6 Å². The van der Waals surface area contributed by atoms with E-state index in [0.29, 0.717) is 12.8 Å². The number of nitrogens with one attached hydrogen (secondary N) is 2. The fourth-order valence-electron chi connectivity index (χ4n) is 6.01. The minimum Gasteiger partial charge on any atom is -0.480 e. The zero-order valence-electron chi connectivity index (χ0n) is 31.0. The lowest BCUT2D eigenvalue weighted by molar-refractivity contribution is -0.150. The average molecular weight is 683 g/mol. The summed E-state index contributed by atoms with van der Waals surface area (Å²) in [7, 11) is 0. The maximum Gasteiger partial charge on any atom is 0.328 e. The largest absolute Gasteiger partial charge is 0.480 e. The van der Waals surface area contributed by atoms with Crippen molar-refractivity contribution in [3.05, 3.63) is 0 Å². The van der Waals surface area contributed by atoms with Crippen LogP contribution in [0.15, 0.2) is 0 Å². The summed E-state index contributed by atoms with van der Waals surface area (Å²) in [4.78, 5) is 47.2. The number of hydrogen-bond donors (Lipinski definition) is 4. The van der Waals surface area contributed by atoms with E-state index in [0.717, 1.165) is 57.8 Å². The highest BCUT2D eigenvalue weighted by molar-refractivity contribution is 5.87. The summed E-state index contributed by atoms with van der Waals surface area (Å²) in [6.07, 6.45) is 33.0. The highest BCUT2D eigenvalue weighted by Gasteiger charge is 2.19. The monoisotopic (exact) mass is 683 g/mol. The van der Waals surface area contributed by atoms with Gasteiger partial charge in [0.1, 0.15) is 12.1 Å². The van der Waals surface area contributed by atoms with Crippen molar-refractivity contribution in [3.8, 4) is 0 Å². The Balaban J connectivity index is 3.95. The topological polar surface area (TPSA) is 142 Å². The number of aliphatic hydroxyl groups excluding tert-OH is 1.